The summed E-state index contributed by atoms with van der Waals surface area (Å²) in [7, 11) is 0. The molecule has 0 aliphatic heterocycles. The zero-order valence-electron chi connectivity index (χ0n) is 20.3. The lowest BCUT2D eigenvalue weighted by molar-refractivity contribution is -0.161. The van der Waals surface area contributed by atoms with Crippen LogP contribution in [0.15, 0.2) is 53.6 Å². The van der Waals surface area contributed by atoms with E-state index >= 15 is 0 Å². The van der Waals surface area contributed by atoms with Crippen molar-refractivity contribution in [3.8, 4) is 0 Å². The van der Waals surface area contributed by atoms with E-state index < -0.39 is 29.4 Å². The molecule has 0 aromatic heterocycles. The first-order valence-corrected chi connectivity index (χ1v) is 12.5. The Hall–Kier alpha value is -2.53. The van der Waals surface area contributed by atoms with Crippen LogP contribution in [0.25, 0.3) is 0 Å². The molecule has 5 heteroatoms. The van der Waals surface area contributed by atoms with Gasteiger partial charge in [0.2, 0.25) is 5.78 Å². The van der Waals surface area contributed by atoms with Crippen LogP contribution in [0.1, 0.15) is 69.7 Å². The number of carbonyl (C=O) groups excluding carboxylic acids is 3. The Kier molecular flexibility index (Phi) is 5.47. The molecule has 1 aromatic rings. The van der Waals surface area contributed by atoms with Crippen LogP contribution in [-0.4, -0.2) is 34.9 Å². The highest BCUT2D eigenvalue weighted by Gasteiger charge is 2.67. The smallest absolute Gasteiger partial charge is 0.338 e. The second-order valence-electron chi connectivity index (χ2n) is 11.3. The molecule has 4 aliphatic rings. The molecule has 0 spiro atoms. The number of carbonyl (C=O) groups is 3. The number of benzene rings is 1. The Bertz CT molecular complexity index is 1100. The molecule has 5 nitrogen and oxygen atoms in total. The normalized spacial score (nSPS) is 38.7. The number of allylic oxidation sites excluding steroid dienone is 4. The first-order chi connectivity index (χ1) is 16.1. The molecule has 34 heavy (non-hydrogen) atoms. The van der Waals surface area contributed by atoms with Crippen LogP contribution in [-0.2, 0) is 14.3 Å². The van der Waals surface area contributed by atoms with Gasteiger partial charge in [-0.15, -0.1) is 0 Å². The molecule has 1 N–H and O–H groups in total. The SMILES string of the molecule is CC1CC2C3CCC4=CC(=O)CCC4(C)C3=CCC2(C)[C@@]1(O)C(=O)COC(=O)c1ccccc1. The lowest BCUT2D eigenvalue weighted by Crippen LogP contribution is -2.57. The highest BCUT2D eigenvalue weighted by molar-refractivity contribution is 5.95. The number of hydrogen-bond donors (Lipinski definition) is 1. The molecular formula is C29H34O5. The minimum Gasteiger partial charge on any atom is -0.454 e. The Balaban J connectivity index is 1.41. The zero-order chi connectivity index (χ0) is 24.3. The fraction of sp³-hybridized carbons (Fsp3) is 0.552. The highest BCUT2D eigenvalue weighted by atomic mass is 16.5. The second kappa shape index (κ2) is 8.01. The summed E-state index contributed by atoms with van der Waals surface area (Å²) in [6, 6.07) is 8.60. The van der Waals surface area contributed by atoms with Gasteiger partial charge in [-0.05, 0) is 68.1 Å². The van der Waals surface area contributed by atoms with Crippen molar-refractivity contribution < 1.29 is 24.2 Å². The number of aliphatic hydroxyl groups is 1. The molecule has 5 unspecified atom stereocenters. The van der Waals surface area contributed by atoms with Crippen molar-refractivity contribution in [3.05, 3.63) is 59.2 Å². The van der Waals surface area contributed by atoms with Gasteiger partial charge in [0.05, 0.1) is 5.56 Å². The van der Waals surface area contributed by atoms with Crippen LogP contribution in [0.5, 0.6) is 0 Å². The summed E-state index contributed by atoms with van der Waals surface area (Å²) in [4.78, 5) is 37.9. The van der Waals surface area contributed by atoms with Gasteiger partial charge in [0.15, 0.2) is 12.4 Å². The summed E-state index contributed by atoms with van der Waals surface area (Å²) in [6.45, 7) is 5.84. The van der Waals surface area contributed by atoms with Crippen molar-refractivity contribution in [1.82, 2.24) is 0 Å². The lowest BCUT2D eigenvalue weighted by atomic mass is 9.50. The standard InChI is InChI=1S/C29H34O5/c1-18-15-24-22-10-9-20-16-21(30)11-13-27(20,2)23(22)12-14-28(24,3)29(18,33)25(31)17-34-26(32)19-7-5-4-6-8-19/h4-8,12,16,18,22,24,33H,9-11,13-15,17H2,1-3H3/t18?,22?,24?,27?,28?,29-/m0/s1. The number of rotatable bonds is 4. The molecular weight excluding hydrogens is 428 g/mol. The van der Waals surface area contributed by atoms with E-state index in [1.54, 1.807) is 24.3 Å². The van der Waals surface area contributed by atoms with Gasteiger partial charge in [-0.2, -0.15) is 0 Å². The molecule has 2 fully saturated rings. The Morgan fingerprint density at radius 1 is 1.15 bits per heavy atom. The molecule has 0 heterocycles. The average Bonchev–Trinajstić information content (AvgIpc) is 3.05. The first kappa shape index (κ1) is 23.2. The predicted octanol–water partition coefficient (Wildman–Crippen LogP) is 4.84. The molecule has 5 rings (SSSR count). The minimum atomic E-state index is -1.55. The summed E-state index contributed by atoms with van der Waals surface area (Å²) in [5, 5.41) is 12.0. The number of ether oxygens (including phenoxy) is 1. The monoisotopic (exact) mass is 462 g/mol. The lowest BCUT2D eigenvalue weighted by Gasteiger charge is -2.54. The van der Waals surface area contributed by atoms with Crippen LogP contribution in [0.4, 0.5) is 0 Å². The van der Waals surface area contributed by atoms with Gasteiger partial charge in [0, 0.05) is 17.3 Å². The van der Waals surface area contributed by atoms with Gasteiger partial charge in [0.25, 0.3) is 0 Å². The zero-order valence-corrected chi connectivity index (χ0v) is 20.3. The van der Waals surface area contributed by atoms with Crippen LogP contribution >= 0.6 is 0 Å². The van der Waals surface area contributed by atoms with Gasteiger partial charge in [-0.3, -0.25) is 9.59 Å². The number of hydrogen-bond acceptors (Lipinski definition) is 5. The van der Waals surface area contributed by atoms with Crippen molar-refractivity contribution in [2.24, 2.45) is 28.6 Å². The van der Waals surface area contributed by atoms with Crippen molar-refractivity contribution in [3.63, 3.8) is 0 Å². The molecule has 0 amide bonds. The molecule has 2 saturated carbocycles. The second-order valence-corrected chi connectivity index (χ2v) is 11.3. The van der Waals surface area contributed by atoms with Crippen molar-refractivity contribution in [2.45, 2.75) is 64.9 Å². The summed E-state index contributed by atoms with van der Waals surface area (Å²) in [5.41, 5.74) is 0.799. The molecule has 1 aromatic carbocycles. The van der Waals surface area contributed by atoms with Gasteiger partial charge in [0.1, 0.15) is 5.60 Å². The van der Waals surface area contributed by atoms with Gasteiger partial charge in [-0.1, -0.05) is 56.2 Å². The maximum absolute atomic E-state index is 13.5. The fourth-order valence-electron chi connectivity index (χ4n) is 7.69. The number of fused-ring (bicyclic) bond motifs is 5. The van der Waals surface area contributed by atoms with E-state index in [0.717, 1.165) is 25.7 Å². The van der Waals surface area contributed by atoms with E-state index in [1.807, 2.05) is 26.0 Å². The molecule has 0 bridgehead atoms. The van der Waals surface area contributed by atoms with Gasteiger partial charge in [-0.25, -0.2) is 4.79 Å². The van der Waals surface area contributed by atoms with E-state index in [1.165, 1.54) is 11.1 Å². The highest BCUT2D eigenvalue weighted by Crippen LogP contribution is 2.66. The largest absolute Gasteiger partial charge is 0.454 e. The summed E-state index contributed by atoms with van der Waals surface area (Å²) in [6.07, 6.45) is 8.77. The maximum atomic E-state index is 13.5. The van der Waals surface area contributed by atoms with Crippen LogP contribution < -0.4 is 0 Å². The summed E-state index contributed by atoms with van der Waals surface area (Å²) in [5.74, 6) is -0.482. The van der Waals surface area contributed by atoms with Crippen molar-refractivity contribution in [2.75, 3.05) is 6.61 Å². The summed E-state index contributed by atoms with van der Waals surface area (Å²) >= 11 is 0. The van der Waals surface area contributed by atoms with E-state index in [9.17, 15) is 19.5 Å². The average molecular weight is 463 g/mol. The van der Waals surface area contributed by atoms with Crippen LogP contribution in [0, 0.1) is 28.6 Å². The predicted molar refractivity (Wildman–Crippen MR) is 128 cm³/mol. The van der Waals surface area contributed by atoms with Crippen LogP contribution in [0.3, 0.4) is 0 Å². The topological polar surface area (TPSA) is 80.7 Å². The Morgan fingerprint density at radius 2 is 1.88 bits per heavy atom. The fourth-order valence-corrected chi connectivity index (χ4v) is 7.69. The minimum absolute atomic E-state index is 0.0860. The van der Waals surface area contributed by atoms with Gasteiger partial charge >= 0.3 is 5.97 Å². The van der Waals surface area contributed by atoms with Gasteiger partial charge < -0.3 is 9.84 Å². The third-order valence-corrected chi connectivity index (χ3v) is 9.69. The quantitative estimate of drug-likeness (QED) is 0.511. The van der Waals surface area contributed by atoms with Crippen molar-refractivity contribution in [1.29, 1.82) is 0 Å². The van der Waals surface area contributed by atoms with E-state index in [2.05, 4.69) is 13.0 Å². The van der Waals surface area contributed by atoms with E-state index in [-0.39, 0.29) is 23.0 Å². The molecule has 4 aliphatic carbocycles. The molecule has 6 atom stereocenters. The Morgan fingerprint density at radius 3 is 2.62 bits per heavy atom. The van der Waals surface area contributed by atoms with E-state index in [0.29, 0.717) is 24.3 Å². The van der Waals surface area contributed by atoms with Crippen LogP contribution in [0.2, 0.25) is 0 Å². The number of Topliss-reactive ketones (excluding diaryl/α,β-unsaturated/α-hetero) is 1. The number of esters is 1. The first-order valence-electron chi connectivity index (χ1n) is 12.5. The third-order valence-electron chi connectivity index (χ3n) is 9.69. The Labute approximate surface area is 201 Å². The maximum Gasteiger partial charge on any atom is 0.338 e. The van der Waals surface area contributed by atoms with E-state index in [4.69, 9.17) is 4.74 Å². The third kappa shape index (κ3) is 3.19. The molecule has 180 valence electrons. The van der Waals surface area contributed by atoms with Crippen molar-refractivity contribution >= 4 is 17.5 Å². The molecule has 0 saturated heterocycles. The summed E-state index contributed by atoms with van der Waals surface area (Å²) < 4.78 is 5.34. The molecule has 0 radical (unpaired) electrons. The number of ketones is 2.